The van der Waals surface area contributed by atoms with Crippen LogP contribution in [-0.2, 0) is 22.6 Å². The number of para-hydroxylation sites is 1. The van der Waals surface area contributed by atoms with Gasteiger partial charge in [-0.3, -0.25) is 10.1 Å². The fraction of sp³-hybridized carbons (Fsp3) is 0.286. The van der Waals surface area contributed by atoms with Gasteiger partial charge in [-0.25, -0.2) is 4.98 Å². The van der Waals surface area contributed by atoms with E-state index in [9.17, 15) is 4.79 Å². The van der Waals surface area contributed by atoms with Gasteiger partial charge in [-0.1, -0.05) is 29.5 Å². The zero-order valence-electron chi connectivity index (χ0n) is 10.8. The minimum absolute atomic E-state index is 0.0231. The number of nitrogens with one attached hydrogen (secondary N) is 1. The highest BCUT2D eigenvalue weighted by Crippen LogP contribution is 2.26. The Labute approximate surface area is 120 Å². The molecule has 104 valence electrons. The first-order valence-electron chi connectivity index (χ1n) is 6.35. The van der Waals surface area contributed by atoms with E-state index in [1.54, 1.807) is 0 Å². The number of thiazole rings is 1. The summed E-state index contributed by atoms with van der Waals surface area (Å²) in [5, 5.41) is 3.37. The van der Waals surface area contributed by atoms with Crippen LogP contribution in [0.2, 0.25) is 0 Å². The molecule has 1 amide bonds. The van der Waals surface area contributed by atoms with Crippen LogP contribution in [0.1, 0.15) is 10.6 Å². The molecule has 2 aromatic rings. The molecule has 1 aliphatic heterocycles. The molecule has 0 fully saturated rings. The molecular formula is C14H14N2O3S. The number of ether oxygens (including phenoxy) is 2. The van der Waals surface area contributed by atoms with Crippen molar-refractivity contribution in [2.45, 2.75) is 13.0 Å². The Morgan fingerprint density at radius 3 is 3.05 bits per heavy atom. The zero-order chi connectivity index (χ0) is 13.8. The summed E-state index contributed by atoms with van der Waals surface area (Å²) in [6, 6.07) is 9.25. The Hall–Kier alpha value is -1.92. The minimum atomic E-state index is -0.208. The number of aromatic nitrogens is 1. The summed E-state index contributed by atoms with van der Waals surface area (Å²) in [7, 11) is 0. The molecule has 0 atom stereocenters. The first-order valence-corrected chi connectivity index (χ1v) is 7.17. The predicted molar refractivity (Wildman–Crippen MR) is 76.0 cm³/mol. The lowest BCUT2D eigenvalue weighted by molar-refractivity contribution is -0.118. The van der Waals surface area contributed by atoms with Crippen LogP contribution in [-0.4, -0.2) is 24.1 Å². The van der Waals surface area contributed by atoms with E-state index in [-0.39, 0.29) is 12.5 Å². The number of hydrogen-bond donors (Lipinski definition) is 1. The molecule has 20 heavy (non-hydrogen) atoms. The molecule has 0 radical (unpaired) electrons. The molecule has 0 bridgehead atoms. The highest BCUT2D eigenvalue weighted by molar-refractivity contribution is 7.15. The van der Waals surface area contributed by atoms with Gasteiger partial charge in [0.25, 0.3) is 5.91 Å². The molecule has 3 rings (SSSR count). The Balaban J connectivity index is 1.55. The molecule has 1 aromatic carbocycles. The fourth-order valence-corrected chi connectivity index (χ4v) is 2.86. The Morgan fingerprint density at radius 1 is 1.40 bits per heavy atom. The van der Waals surface area contributed by atoms with Crippen molar-refractivity contribution < 1.29 is 14.3 Å². The van der Waals surface area contributed by atoms with Gasteiger partial charge in [0.1, 0.15) is 5.75 Å². The van der Waals surface area contributed by atoms with Crippen LogP contribution in [0, 0.1) is 0 Å². The molecule has 5 nitrogen and oxygen atoms in total. The van der Waals surface area contributed by atoms with E-state index in [1.807, 2.05) is 30.3 Å². The van der Waals surface area contributed by atoms with Crippen LogP contribution in [0.3, 0.4) is 0 Å². The predicted octanol–water partition coefficient (Wildman–Crippen LogP) is 2.23. The second-order valence-corrected chi connectivity index (χ2v) is 5.42. The topological polar surface area (TPSA) is 60.5 Å². The number of nitrogens with zero attached hydrogens (tertiary/aromatic N) is 1. The number of carbonyl (C=O) groups is 1. The highest BCUT2D eigenvalue weighted by atomic mass is 32.1. The maximum absolute atomic E-state index is 11.8. The average Bonchev–Trinajstić information content (AvgIpc) is 2.88. The van der Waals surface area contributed by atoms with Crippen molar-refractivity contribution in [1.82, 2.24) is 4.98 Å². The molecular weight excluding hydrogens is 276 g/mol. The Morgan fingerprint density at radius 2 is 2.25 bits per heavy atom. The summed E-state index contributed by atoms with van der Waals surface area (Å²) in [5.41, 5.74) is 1.03. The molecule has 6 heteroatoms. The first-order chi connectivity index (χ1) is 9.81. The van der Waals surface area contributed by atoms with Crippen molar-refractivity contribution in [2.24, 2.45) is 0 Å². The summed E-state index contributed by atoms with van der Waals surface area (Å²) in [6.45, 7) is 1.26. The molecule has 0 saturated carbocycles. The van der Waals surface area contributed by atoms with Crippen molar-refractivity contribution in [3.05, 3.63) is 40.9 Å². The molecule has 1 aromatic heterocycles. The van der Waals surface area contributed by atoms with E-state index in [0.717, 1.165) is 17.0 Å². The van der Waals surface area contributed by atoms with Crippen LogP contribution in [0.4, 0.5) is 5.13 Å². The Kier molecular flexibility index (Phi) is 3.94. The van der Waals surface area contributed by atoms with Crippen molar-refractivity contribution >= 4 is 22.4 Å². The van der Waals surface area contributed by atoms with Gasteiger partial charge in [0, 0.05) is 6.42 Å². The van der Waals surface area contributed by atoms with Crippen LogP contribution in [0.25, 0.3) is 0 Å². The quantitative estimate of drug-likeness (QED) is 0.938. The van der Waals surface area contributed by atoms with E-state index in [0.29, 0.717) is 24.1 Å². The highest BCUT2D eigenvalue weighted by Gasteiger charge is 2.16. The van der Waals surface area contributed by atoms with Crippen molar-refractivity contribution in [3.8, 4) is 5.75 Å². The van der Waals surface area contributed by atoms with Crippen molar-refractivity contribution in [1.29, 1.82) is 0 Å². The minimum Gasteiger partial charge on any atom is -0.484 e. The fourth-order valence-electron chi connectivity index (χ4n) is 1.90. The summed E-state index contributed by atoms with van der Waals surface area (Å²) in [4.78, 5) is 17.3. The van der Waals surface area contributed by atoms with Gasteiger partial charge in [-0.05, 0) is 12.1 Å². The second-order valence-electron chi connectivity index (χ2n) is 4.34. The number of carbonyl (C=O) groups excluding carboxylic acids is 1. The number of anilines is 1. The van der Waals surface area contributed by atoms with E-state index >= 15 is 0 Å². The van der Waals surface area contributed by atoms with E-state index < -0.39 is 0 Å². The van der Waals surface area contributed by atoms with E-state index in [1.165, 1.54) is 11.3 Å². The lowest BCUT2D eigenvalue weighted by Crippen LogP contribution is -2.20. The summed E-state index contributed by atoms with van der Waals surface area (Å²) < 4.78 is 10.7. The third-order valence-electron chi connectivity index (χ3n) is 2.85. The summed E-state index contributed by atoms with van der Waals surface area (Å²) >= 11 is 1.46. The molecule has 0 spiro atoms. The van der Waals surface area contributed by atoms with Crippen molar-refractivity contribution in [3.63, 3.8) is 0 Å². The van der Waals surface area contributed by atoms with Gasteiger partial charge < -0.3 is 9.47 Å². The smallest absolute Gasteiger partial charge is 0.264 e. The number of fused-ring (bicyclic) bond motifs is 1. The molecule has 2 heterocycles. The van der Waals surface area contributed by atoms with Gasteiger partial charge >= 0.3 is 0 Å². The van der Waals surface area contributed by atoms with E-state index in [4.69, 9.17) is 9.47 Å². The van der Waals surface area contributed by atoms with Gasteiger partial charge in [-0.2, -0.15) is 0 Å². The Bertz CT molecular complexity index is 574. The van der Waals surface area contributed by atoms with Crippen LogP contribution in [0.5, 0.6) is 5.75 Å². The molecule has 0 aliphatic carbocycles. The number of hydrogen-bond acceptors (Lipinski definition) is 5. The number of rotatable bonds is 4. The SMILES string of the molecule is O=C(COc1ccccc1)Nc1nc2c(s1)COCC2. The van der Waals surface area contributed by atoms with Crippen LogP contribution < -0.4 is 10.1 Å². The van der Waals surface area contributed by atoms with Crippen LogP contribution >= 0.6 is 11.3 Å². The molecule has 1 aliphatic rings. The maximum atomic E-state index is 11.8. The number of amides is 1. The second kappa shape index (κ2) is 6.02. The van der Waals surface area contributed by atoms with Gasteiger partial charge in [0.15, 0.2) is 11.7 Å². The van der Waals surface area contributed by atoms with Crippen molar-refractivity contribution in [2.75, 3.05) is 18.5 Å². The standard InChI is InChI=1S/C14H14N2O3S/c17-13(9-19-10-4-2-1-3-5-10)16-14-15-11-6-7-18-8-12(11)20-14/h1-5H,6-9H2,(H,15,16,17). The number of benzene rings is 1. The zero-order valence-corrected chi connectivity index (χ0v) is 11.6. The molecule has 1 N–H and O–H groups in total. The summed E-state index contributed by atoms with van der Waals surface area (Å²) in [5.74, 6) is 0.468. The molecule has 0 saturated heterocycles. The normalized spacial score (nSPS) is 13.6. The third kappa shape index (κ3) is 3.15. The van der Waals surface area contributed by atoms with Gasteiger partial charge in [-0.15, -0.1) is 0 Å². The van der Waals surface area contributed by atoms with Crippen LogP contribution in [0.15, 0.2) is 30.3 Å². The lowest BCUT2D eigenvalue weighted by Gasteiger charge is -2.08. The largest absolute Gasteiger partial charge is 0.484 e. The first kappa shape index (κ1) is 13.1. The van der Waals surface area contributed by atoms with Gasteiger partial charge in [0.2, 0.25) is 0 Å². The molecule has 0 unspecified atom stereocenters. The summed E-state index contributed by atoms with van der Waals surface area (Å²) in [6.07, 6.45) is 0.808. The maximum Gasteiger partial charge on any atom is 0.264 e. The van der Waals surface area contributed by atoms with E-state index in [2.05, 4.69) is 10.3 Å². The van der Waals surface area contributed by atoms with Gasteiger partial charge in [0.05, 0.1) is 23.8 Å². The third-order valence-corrected chi connectivity index (χ3v) is 3.84. The lowest BCUT2D eigenvalue weighted by atomic mass is 10.2. The monoisotopic (exact) mass is 290 g/mol. The average molecular weight is 290 g/mol.